The third-order valence-corrected chi connectivity index (χ3v) is 4.06. The Morgan fingerprint density at radius 2 is 1.81 bits per heavy atom. The van der Waals surface area contributed by atoms with Crippen LogP contribution in [0.15, 0.2) is 47.1 Å². The Balaban J connectivity index is 1.72. The summed E-state index contributed by atoms with van der Waals surface area (Å²) >= 11 is 0. The van der Waals surface area contributed by atoms with Crippen LogP contribution in [0.25, 0.3) is 6.08 Å². The Morgan fingerprint density at radius 1 is 1.08 bits per heavy atom. The van der Waals surface area contributed by atoms with Crippen molar-refractivity contribution in [3.05, 3.63) is 53.2 Å². The molecule has 0 radical (unpaired) electrons. The van der Waals surface area contributed by atoms with Crippen LogP contribution in [0.2, 0.25) is 0 Å². The number of carbonyl (C=O) groups is 1. The first-order valence-electron chi connectivity index (χ1n) is 7.92. The van der Waals surface area contributed by atoms with Crippen LogP contribution < -0.4 is 24.3 Å². The average molecular weight is 352 g/mol. The number of fused-ring (bicyclic) bond motifs is 1. The molecule has 0 saturated carbocycles. The maximum absolute atomic E-state index is 12.4. The Bertz CT molecular complexity index is 927. The molecular weight excluding hydrogens is 336 g/mol. The highest BCUT2D eigenvalue weighted by molar-refractivity contribution is 6.21. The lowest BCUT2D eigenvalue weighted by atomic mass is 10.1. The van der Waals surface area contributed by atoms with Crippen molar-refractivity contribution < 1.29 is 23.7 Å². The zero-order valence-electron chi connectivity index (χ0n) is 14.2. The van der Waals surface area contributed by atoms with E-state index in [9.17, 15) is 4.79 Å². The van der Waals surface area contributed by atoms with E-state index in [1.807, 2.05) is 12.1 Å². The fourth-order valence-electron chi connectivity index (χ4n) is 2.83. The first-order valence-corrected chi connectivity index (χ1v) is 7.92. The van der Waals surface area contributed by atoms with Crippen molar-refractivity contribution in [3.63, 3.8) is 0 Å². The molecule has 1 amide bonds. The highest BCUT2D eigenvalue weighted by atomic mass is 16.7. The molecule has 7 heteroatoms. The molecule has 0 aromatic heterocycles. The summed E-state index contributed by atoms with van der Waals surface area (Å²) in [6.45, 7) is 0.200. The number of aliphatic imine (C=N–C) groups is 1. The number of amidine groups is 1. The van der Waals surface area contributed by atoms with E-state index in [0.717, 1.165) is 5.56 Å². The van der Waals surface area contributed by atoms with Gasteiger partial charge in [-0.3, -0.25) is 4.79 Å². The van der Waals surface area contributed by atoms with E-state index in [-0.39, 0.29) is 18.4 Å². The third kappa shape index (κ3) is 2.73. The zero-order chi connectivity index (χ0) is 18.1. The molecule has 7 nitrogen and oxygen atoms in total. The highest BCUT2D eigenvalue weighted by Gasteiger charge is 2.26. The predicted molar refractivity (Wildman–Crippen MR) is 94.8 cm³/mol. The van der Waals surface area contributed by atoms with Crippen molar-refractivity contribution in [2.45, 2.75) is 0 Å². The number of nitrogens with zero attached hydrogens (tertiary/aromatic N) is 1. The molecule has 4 rings (SSSR count). The summed E-state index contributed by atoms with van der Waals surface area (Å²) in [7, 11) is 3.11. The molecule has 1 N–H and O–H groups in total. The van der Waals surface area contributed by atoms with Crippen molar-refractivity contribution >= 4 is 17.8 Å². The summed E-state index contributed by atoms with van der Waals surface area (Å²) in [6, 6.07) is 10.8. The maximum Gasteiger partial charge on any atom is 0.275 e. The summed E-state index contributed by atoms with van der Waals surface area (Å²) in [5.41, 5.74) is 1.67. The Labute approximate surface area is 149 Å². The number of hydrogen-bond donors (Lipinski definition) is 1. The molecule has 26 heavy (non-hydrogen) atoms. The Kier molecular flexibility index (Phi) is 3.96. The van der Waals surface area contributed by atoms with E-state index < -0.39 is 0 Å². The lowest BCUT2D eigenvalue weighted by Crippen LogP contribution is -2.25. The average Bonchev–Trinajstić information content (AvgIpc) is 3.27. The van der Waals surface area contributed by atoms with Crippen molar-refractivity contribution in [2.24, 2.45) is 4.99 Å². The molecule has 0 saturated heterocycles. The van der Waals surface area contributed by atoms with Gasteiger partial charge in [-0.25, -0.2) is 4.99 Å². The van der Waals surface area contributed by atoms with Gasteiger partial charge in [0.15, 0.2) is 11.5 Å². The minimum atomic E-state index is -0.300. The first kappa shape index (κ1) is 16.0. The van der Waals surface area contributed by atoms with Gasteiger partial charge in [-0.05, 0) is 35.9 Å². The van der Waals surface area contributed by atoms with Gasteiger partial charge in [0.1, 0.15) is 28.6 Å². The Hall–Kier alpha value is -3.48. The van der Waals surface area contributed by atoms with Gasteiger partial charge < -0.3 is 24.3 Å². The molecule has 2 aromatic rings. The van der Waals surface area contributed by atoms with E-state index >= 15 is 0 Å². The topological polar surface area (TPSA) is 78.4 Å². The van der Waals surface area contributed by atoms with E-state index in [0.29, 0.717) is 34.4 Å². The van der Waals surface area contributed by atoms with Gasteiger partial charge in [0, 0.05) is 0 Å². The predicted octanol–water partition coefficient (Wildman–Crippen LogP) is 2.35. The first-order chi connectivity index (χ1) is 12.7. The lowest BCUT2D eigenvalue weighted by molar-refractivity contribution is -0.115. The van der Waals surface area contributed by atoms with Gasteiger partial charge in [0.2, 0.25) is 6.79 Å². The number of hydrogen-bond acceptors (Lipinski definition) is 6. The molecule has 2 aliphatic heterocycles. The maximum atomic E-state index is 12.4. The highest BCUT2D eigenvalue weighted by Crippen LogP contribution is 2.34. The molecule has 0 fully saturated rings. The van der Waals surface area contributed by atoms with Crippen molar-refractivity contribution in [1.82, 2.24) is 5.32 Å². The fourth-order valence-corrected chi connectivity index (χ4v) is 2.83. The van der Waals surface area contributed by atoms with Crippen LogP contribution >= 0.6 is 0 Å². The summed E-state index contributed by atoms with van der Waals surface area (Å²) in [5.74, 6) is 2.54. The van der Waals surface area contributed by atoms with E-state index in [1.54, 1.807) is 44.6 Å². The minimum Gasteiger partial charge on any atom is -0.496 e. The largest absolute Gasteiger partial charge is 0.496 e. The van der Waals surface area contributed by atoms with Gasteiger partial charge in [-0.1, -0.05) is 12.1 Å². The van der Waals surface area contributed by atoms with E-state index in [1.165, 1.54) is 0 Å². The zero-order valence-corrected chi connectivity index (χ0v) is 14.2. The van der Waals surface area contributed by atoms with Crippen LogP contribution in [-0.4, -0.2) is 32.8 Å². The normalized spacial score (nSPS) is 16.5. The number of benzene rings is 2. The number of ether oxygens (including phenoxy) is 4. The molecule has 2 heterocycles. The Morgan fingerprint density at radius 3 is 2.54 bits per heavy atom. The van der Waals surface area contributed by atoms with Crippen LogP contribution in [0.4, 0.5) is 0 Å². The molecule has 0 aliphatic carbocycles. The minimum absolute atomic E-state index is 0.200. The molecule has 0 bridgehead atoms. The molecule has 2 aromatic carbocycles. The second-order valence-corrected chi connectivity index (χ2v) is 5.59. The van der Waals surface area contributed by atoms with Gasteiger partial charge in [-0.15, -0.1) is 0 Å². The SMILES string of the molecule is COc1cccc(OC)c1C1=N/C(=C/c2ccc3c(c2)OCO3)C(=O)N1. The molecule has 0 spiro atoms. The van der Waals surface area contributed by atoms with Gasteiger partial charge >= 0.3 is 0 Å². The standard InChI is InChI=1S/C19H16N2O5/c1-23-14-4-3-5-15(24-2)17(14)18-20-12(19(22)21-18)8-11-6-7-13-16(9-11)26-10-25-13/h3-9H,10H2,1-2H3,(H,20,21,22)/b12-8+. The molecule has 2 aliphatic rings. The quantitative estimate of drug-likeness (QED) is 0.855. The molecular formula is C19H16N2O5. The molecule has 0 unspecified atom stereocenters. The number of methoxy groups -OCH3 is 2. The van der Waals surface area contributed by atoms with Gasteiger partial charge in [0.05, 0.1) is 14.2 Å². The van der Waals surface area contributed by atoms with Crippen LogP contribution in [-0.2, 0) is 4.79 Å². The summed E-state index contributed by atoms with van der Waals surface area (Å²) < 4.78 is 21.4. The monoisotopic (exact) mass is 352 g/mol. The molecule has 132 valence electrons. The summed E-state index contributed by atoms with van der Waals surface area (Å²) in [4.78, 5) is 16.8. The third-order valence-electron chi connectivity index (χ3n) is 4.06. The van der Waals surface area contributed by atoms with Gasteiger partial charge in [0.25, 0.3) is 5.91 Å². The number of rotatable bonds is 4. The van der Waals surface area contributed by atoms with Crippen LogP contribution in [0.3, 0.4) is 0 Å². The summed E-state index contributed by atoms with van der Waals surface area (Å²) in [5, 5.41) is 2.77. The van der Waals surface area contributed by atoms with E-state index in [2.05, 4.69) is 10.3 Å². The van der Waals surface area contributed by atoms with Crippen molar-refractivity contribution in [1.29, 1.82) is 0 Å². The van der Waals surface area contributed by atoms with E-state index in [4.69, 9.17) is 18.9 Å². The van der Waals surface area contributed by atoms with Crippen LogP contribution in [0, 0.1) is 0 Å². The number of carbonyl (C=O) groups excluding carboxylic acids is 1. The van der Waals surface area contributed by atoms with Crippen molar-refractivity contribution in [2.75, 3.05) is 21.0 Å². The molecule has 0 atom stereocenters. The second-order valence-electron chi connectivity index (χ2n) is 5.59. The second kappa shape index (κ2) is 6.44. The van der Waals surface area contributed by atoms with Crippen molar-refractivity contribution in [3.8, 4) is 23.0 Å². The van der Waals surface area contributed by atoms with Crippen LogP contribution in [0.5, 0.6) is 23.0 Å². The number of nitrogens with one attached hydrogen (secondary N) is 1. The smallest absolute Gasteiger partial charge is 0.275 e. The fraction of sp³-hybridized carbons (Fsp3) is 0.158. The summed E-state index contributed by atoms with van der Waals surface area (Å²) in [6.07, 6.45) is 1.69. The number of amides is 1. The van der Waals surface area contributed by atoms with Gasteiger partial charge in [-0.2, -0.15) is 0 Å². The lowest BCUT2D eigenvalue weighted by Gasteiger charge is -2.12. The van der Waals surface area contributed by atoms with Crippen LogP contribution in [0.1, 0.15) is 11.1 Å².